The standard InChI is InChI=1S/C18H28BrNO/c1-18(2,3)20-12-15-7-8-16(17(19)11-15)13-21-10-9-14-5-4-6-14/h7-8,11,14,20H,4-6,9-10,12-13H2,1-3H3. The van der Waals surface area contributed by atoms with Crippen molar-refractivity contribution in [1.29, 1.82) is 0 Å². The molecule has 0 radical (unpaired) electrons. The molecule has 0 amide bonds. The summed E-state index contributed by atoms with van der Waals surface area (Å²) < 4.78 is 6.97. The van der Waals surface area contributed by atoms with Crippen molar-refractivity contribution in [3.8, 4) is 0 Å². The highest BCUT2D eigenvalue weighted by Gasteiger charge is 2.16. The number of hydrogen-bond acceptors (Lipinski definition) is 2. The van der Waals surface area contributed by atoms with E-state index in [4.69, 9.17) is 4.74 Å². The van der Waals surface area contributed by atoms with Crippen LogP contribution in [-0.4, -0.2) is 12.1 Å². The van der Waals surface area contributed by atoms with Crippen molar-refractivity contribution < 1.29 is 4.74 Å². The molecule has 3 heteroatoms. The predicted octanol–water partition coefficient (Wildman–Crippen LogP) is 5.04. The lowest BCUT2D eigenvalue weighted by Crippen LogP contribution is -2.35. The van der Waals surface area contributed by atoms with Crippen molar-refractivity contribution in [3.63, 3.8) is 0 Å². The molecule has 118 valence electrons. The Kier molecular flexibility index (Phi) is 6.27. The van der Waals surface area contributed by atoms with E-state index in [1.165, 1.54) is 36.8 Å². The maximum Gasteiger partial charge on any atom is 0.0727 e. The number of rotatable bonds is 7. The number of halogens is 1. The highest BCUT2D eigenvalue weighted by atomic mass is 79.9. The zero-order valence-electron chi connectivity index (χ0n) is 13.5. The summed E-state index contributed by atoms with van der Waals surface area (Å²) in [5.41, 5.74) is 2.69. The van der Waals surface area contributed by atoms with E-state index in [1.807, 2.05) is 0 Å². The Bertz CT molecular complexity index is 449. The van der Waals surface area contributed by atoms with E-state index in [9.17, 15) is 0 Å². The average molecular weight is 354 g/mol. The summed E-state index contributed by atoms with van der Waals surface area (Å²) in [7, 11) is 0. The largest absolute Gasteiger partial charge is 0.377 e. The van der Waals surface area contributed by atoms with Gasteiger partial charge in [-0.2, -0.15) is 0 Å². The summed E-state index contributed by atoms with van der Waals surface area (Å²) in [6.07, 6.45) is 5.45. The van der Waals surface area contributed by atoms with Gasteiger partial charge in [0.1, 0.15) is 0 Å². The minimum absolute atomic E-state index is 0.149. The van der Waals surface area contributed by atoms with Crippen LogP contribution in [0.15, 0.2) is 22.7 Å². The lowest BCUT2D eigenvalue weighted by atomic mass is 9.83. The molecule has 0 atom stereocenters. The molecule has 1 aromatic rings. The fourth-order valence-electron chi connectivity index (χ4n) is 2.40. The molecule has 1 saturated carbocycles. The molecule has 21 heavy (non-hydrogen) atoms. The monoisotopic (exact) mass is 353 g/mol. The van der Waals surface area contributed by atoms with Gasteiger partial charge in [-0.3, -0.25) is 0 Å². The van der Waals surface area contributed by atoms with Crippen molar-refractivity contribution in [2.75, 3.05) is 6.61 Å². The van der Waals surface area contributed by atoms with Crippen molar-refractivity contribution >= 4 is 15.9 Å². The summed E-state index contributed by atoms with van der Waals surface area (Å²) in [6.45, 7) is 9.06. The Morgan fingerprint density at radius 3 is 2.62 bits per heavy atom. The third-order valence-corrected chi connectivity index (χ3v) is 4.83. The molecule has 1 N–H and O–H groups in total. The van der Waals surface area contributed by atoms with Crippen molar-refractivity contribution in [1.82, 2.24) is 5.32 Å². The van der Waals surface area contributed by atoms with Gasteiger partial charge in [0.25, 0.3) is 0 Å². The molecule has 1 aliphatic carbocycles. The van der Waals surface area contributed by atoms with Gasteiger partial charge in [-0.05, 0) is 50.3 Å². The van der Waals surface area contributed by atoms with E-state index < -0.39 is 0 Å². The second-order valence-corrected chi connectivity index (χ2v) is 8.02. The molecular formula is C18H28BrNO. The first-order valence-electron chi connectivity index (χ1n) is 8.04. The van der Waals surface area contributed by atoms with Gasteiger partial charge in [0.05, 0.1) is 6.61 Å². The smallest absolute Gasteiger partial charge is 0.0727 e. The fourth-order valence-corrected chi connectivity index (χ4v) is 2.94. The second-order valence-electron chi connectivity index (χ2n) is 7.17. The van der Waals surface area contributed by atoms with Gasteiger partial charge in [0, 0.05) is 23.2 Å². The Morgan fingerprint density at radius 2 is 2.05 bits per heavy atom. The minimum Gasteiger partial charge on any atom is -0.377 e. The van der Waals surface area contributed by atoms with E-state index in [0.717, 1.165) is 23.5 Å². The molecule has 0 bridgehead atoms. The topological polar surface area (TPSA) is 21.3 Å². The van der Waals surface area contributed by atoms with Crippen molar-refractivity contribution in [2.24, 2.45) is 5.92 Å². The SMILES string of the molecule is CC(C)(C)NCc1ccc(COCCC2CCC2)c(Br)c1. The van der Waals surface area contributed by atoms with Gasteiger partial charge in [0.15, 0.2) is 0 Å². The second kappa shape index (κ2) is 7.75. The third-order valence-electron chi connectivity index (χ3n) is 4.09. The Hall–Kier alpha value is -0.380. The van der Waals surface area contributed by atoms with Crippen LogP contribution in [0, 0.1) is 5.92 Å². The molecule has 0 unspecified atom stereocenters. The van der Waals surface area contributed by atoms with Crippen LogP contribution >= 0.6 is 15.9 Å². The molecule has 2 rings (SSSR count). The van der Waals surface area contributed by atoms with Gasteiger partial charge in [-0.25, -0.2) is 0 Å². The van der Waals surface area contributed by atoms with Gasteiger partial charge < -0.3 is 10.1 Å². The number of nitrogens with one attached hydrogen (secondary N) is 1. The molecule has 1 aliphatic rings. The van der Waals surface area contributed by atoms with Crippen LogP contribution in [0.25, 0.3) is 0 Å². The Balaban J connectivity index is 1.75. The maximum absolute atomic E-state index is 5.82. The van der Waals surface area contributed by atoms with E-state index in [1.54, 1.807) is 0 Å². The van der Waals surface area contributed by atoms with Crippen LogP contribution in [0.2, 0.25) is 0 Å². The van der Waals surface area contributed by atoms with Crippen LogP contribution in [0.5, 0.6) is 0 Å². The highest BCUT2D eigenvalue weighted by Crippen LogP contribution is 2.29. The zero-order chi connectivity index (χ0) is 15.3. The van der Waals surface area contributed by atoms with Crippen LogP contribution in [0.1, 0.15) is 57.6 Å². The number of ether oxygens (including phenoxy) is 1. The maximum atomic E-state index is 5.82. The summed E-state index contributed by atoms with van der Waals surface area (Å²) in [6, 6.07) is 6.56. The molecule has 0 saturated heterocycles. The molecule has 1 fully saturated rings. The van der Waals surface area contributed by atoms with Crippen molar-refractivity contribution in [2.45, 2.75) is 65.1 Å². The summed E-state index contributed by atoms with van der Waals surface area (Å²) in [5.74, 6) is 0.930. The van der Waals surface area contributed by atoms with E-state index in [0.29, 0.717) is 6.61 Å². The van der Waals surface area contributed by atoms with Crippen LogP contribution in [-0.2, 0) is 17.9 Å². The lowest BCUT2D eigenvalue weighted by Gasteiger charge is -2.24. The zero-order valence-corrected chi connectivity index (χ0v) is 15.1. The van der Waals surface area contributed by atoms with Crippen LogP contribution in [0.4, 0.5) is 0 Å². The van der Waals surface area contributed by atoms with E-state index in [-0.39, 0.29) is 5.54 Å². The van der Waals surface area contributed by atoms with E-state index >= 15 is 0 Å². The normalized spacial score (nSPS) is 16.0. The summed E-state index contributed by atoms with van der Waals surface area (Å²) >= 11 is 3.67. The first-order valence-corrected chi connectivity index (χ1v) is 8.83. The number of hydrogen-bond donors (Lipinski definition) is 1. The molecule has 2 nitrogen and oxygen atoms in total. The molecule has 0 aromatic heterocycles. The number of benzene rings is 1. The summed E-state index contributed by atoms with van der Waals surface area (Å²) in [4.78, 5) is 0. The highest BCUT2D eigenvalue weighted by molar-refractivity contribution is 9.10. The minimum atomic E-state index is 0.149. The molecule has 0 aliphatic heterocycles. The van der Waals surface area contributed by atoms with Crippen molar-refractivity contribution in [3.05, 3.63) is 33.8 Å². The first kappa shape index (κ1) is 17.0. The van der Waals surface area contributed by atoms with E-state index in [2.05, 4.69) is 60.2 Å². The molecule has 0 heterocycles. The van der Waals surface area contributed by atoms with Crippen LogP contribution < -0.4 is 5.32 Å². The Morgan fingerprint density at radius 1 is 1.29 bits per heavy atom. The van der Waals surface area contributed by atoms with Gasteiger partial charge in [-0.1, -0.05) is 47.3 Å². The van der Waals surface area contributed by atoms with Gasteiger partial charge >= 0.3 is 0 Å². The molecule has 1 aromatic carbocycles. The fraction of sp³-hybridized carbons (Fsp3) is 0.667. The first-order chi connectivity index (χ1) is 9.94. The van der Waals surface area contributed by atoms with Gasteiger partial charge in [-0.15, -0.1) is 0 Å². The van der Waals surface area contributed by atoms with Crippen LogP contribution in [0.3, 0.4) is 0 Å². The summed E-state index contributed by atoms with van der Waals surface area (Å²) in [5, 5.41) is 3.51. The Labute approximate surface area is 137 Å². The predicted molar refractivity (Wildman–Crippen MR) is 92.3 cm³/mol. The molecule has 0 spiro atoms. The average Bonchev–Trinajstić information content (AvgIpc) is 2.35. The molecular weight excluding hydrogens is 326 g/mol. The van der Waals surface area contributed by atoms with Gasteiger partial charge in [0.2, 0.25) is 0 Å². The lowest BCUT2D eigenvalue weighted by molar-refractivity contribution is 0.0946. The quantitative estimate of drug-likeness (QED) is 0.693. The third kappa shape index (κ3) is 6.09.